The van der Waals surface area contributed by atoms with E-state index in [1.54, 1.807) is 30.0 Å². The summed E-state index contributed by atoms with van der Waals surface area (Å²) < 4.78 is 21.1. The summed E-state index contributed by atoms with van der Waals surface area (Å²) in [5, 5.41) is 4.51. The van der Waals surface area contributed by atoms with E-state index in [4.69, 9.17) is 4.74 Å². The Morgan fingerprint density at radius 2 is 1.87 bits per heavy atom. The number of rotatable bonds is 7. The van der Waals surface area contributed by atoms with Crippen molar-refractivity contribution in [1.29, 1.82) is 0 Å². The van der Waals surface area contributed by atoms with Crippen LogP contribution in [0.1, 0.15) is 35.4 Å². The number of methoxy groups -OCH3 is 1. The van der Waals surface area contributed by atoms with Crippen LogP contribution in [0.4, 0.5) is 4.39 Å². The third kappa shape index (κ3) is 4.08. The molecule has 0 spiro atoms. The number of ether oxygens (including phenoxy) is 1. The minimum absolute atomic E-state index is 0.0765. The van der Waals surface area contributed by atoms with Gasteiger partial charge in [-0.3, -0.25) is 4.79 Å². The van der Waals surface area contributed by atoms with E-state index in [-0.39, 0.29) is 18.1 Å². The van der Waals surface area contributed by atoms with E-state index in [2.05, 4.69) is 5.10 Å². The van der Waals surface area contributed by atoms with Gasteiger partial charge in [0.2, 0.25) is 5.91 Å². The highest BCUT2D eigenvalue weighted by atomic mass is 19.1. The lowest BCUT2D eigenvalue weighted by Gasteiger charge is -2.23. The smallest absolute Gasteiger partial charge is 0.227 e. The molecule has 0 saturated heterocycles. The largest absolute Gasteiger partial charge is 0.497 e. The zero-order valence-corrected chi connectivity index (χ0v) is 17.6. The molecule has 0 radical (unpaired) electrons. The van der Waals surface area contributed by atoms with E-state index in [9.17, 15) is 9.18 Å². The highest BCUT2D eigenvalue weighted by Crippen LogP contribution is 2.30. The second kappa shape index (κ2) is 8.30. The van der Waals surface area contributed by atoms with Crippen LogP contribution in [0.3, 0.4) is 0 Å². The maximum absolute atomic E-state index is 14.3. The van der Waals surface area contributed by atoms with Gasteiger partial charge in [0.15, 0.2) is 0 Å². The van der Waals surface area contributed by atoms with E-state index in [1.165, 1.54) is 6.07 Å². The number of aryl methyl sites for hydroxylation is 1. The van der Waals surface area contributed by atoms with E-state index >= 15 is 0 Å². The lowest BCUT2D eigenvalue weighted by atomic mass is 10.1. The molecule has 1 heterocycles. The second-order valence-electron chi connectivity index (χ2n) is 7.79. The number of para-hydroxylation sites is 1. The van der Waals surface area contributed by atoms with Crippen molar-refractivity contribution in [3.8, 4) is 11.4 Å². The first-order valence-corrected chi connectivity index (χ1v) is 10.2. The van der Waals surface area contributed by atoms with E-state index in [0.717, 1.165) is 41.1 Å². The fourth-order valence-corrected chi connectivity index (χ4v) is 3.78. The van der Waals surface area contributed by atoms with E-state index < -0.39 is 0 Å². The van der Waals surface area contributed by atoms with Crippen molar-refractivity contribution in [1.82, 2.24) is 14.7 Å². The average Bonchev–Trinajstić information content (AvgIpc) is 3.55. The number of nitrogens with zero attached hydrogens (tertiary/aromatic N) is 3. The summed E-state index contributed by atoms with van der Waals surface area (Å²) in [6.45, 7) is 4.34. The molecule has 0 unspecified atom stereocenters. The predicted molar refractivity (Wildman–Crippen MR) is 113 cm³/mol. The van der Waals surface area contributed by atoms with Gasteiger partial charge in [0, 0.05) is 23.8 Å². The quantitative estimate of drug-likeness (QED) is 0.584. The minimum atomic E-state index is -0.333. The lowest BCUT2D eigenvalue weighted by Crippen LogP contribution is -2.34. The molecule has 1 amide bonds. The average molecular weight is 407 g/mol. The molecule has 1 fully saturated rings. The molecule has 0 aliphatic heterocycles. The van der Waals surface area contributed by atoms with Crippen molar-refractivity contribution in [2.75, 3.05) is 7.11 Å². The maximum Gasteiger partial charge on any atom is 0.227 e. The standard InChI is InChI=1S/C24H26FN3O2/c1-16-21(17(2)28(26-16)23-7-5-4-6-22(23)25)14-24(29)27(19-10-11-19)15-18-8-12-20(30-3)13-9-18/h4-9,12-13,19H,10-11,14-15H2,1-3H3. The number of aromatic nitrogens is 2. The SMILES string of the molecule is COc1ccc(CN(C(=O)Cc2c(C)nn(-c3ccccc3F)c2C)C2CC2)cc1. The minimum Gasteiger partial charge on any atom is -0.497 e. The summed E-state index contributed by atoms with van der Waals surface area (Å²) in [6.07, 6.45) is 2.33. The van der Waals surface area contributed by atoms with E-state index in [1.807, 2.05) is 43.0 Å². The predicted octanol–water partition coefficient (Wildman–Crippen LogP) is 4.37. The second-order valence-corrected chi connectivity index (χ2v) is 7.79. The lowest BCUT2D eigenvalue weighted by molar-refractivity contribution is -0.131. The fourth-order valence-electron chi connectivity index (χ4n) is 3.78. The van der Waals surface area contributed by atoms with Crippen molar-refractivity contribution >= 4 is 5.91 Å². The van der Waals surface area contributed by atoms with Gasteiger partial charge in [-0.25, -0.2) is 9.07 Å². The summed E-state index contributed by atoms with van der Waals surface area (Å²) in [5.74, 6) is 0.544. The molecule has 4 rings (SSSR count). The number of carbonyl (C=O) groups excluding carboxylic acids is 1. The highest BCUT2D eigenvalue weighted by Gasteiger charge is 2.33. The number of amides is 1. The van der Waals surface area contributed by atoms with Crippen LogP contribution in [0.2, 0.25) is 0 Å². The molecule has 0 atom stereocenters. The van der Waals surface area contributed by atoms with Crippen LogP contribution in [0.15, 0.2) is 48.5 Å². The first-order chi connectivity index (χ1) is 14.5. The van der Waals surface area contributed by atoms with Gasteiger partial charge in [0.25, 0.3) is 0 Å². The van der Waals surface area contributed by atoms with Gasteiger partial charge >= 0.3 is 0 Å². The Morgan fingerprint density at radius 1 is 1.17 bits per heavy atom. The molecule has 1 aliphatic carbocycles. The molecule has 2 aromatic carbocycles. The van der Waals surface area contributed by atoms with Gasteiger partial charge in [-0.2, -0.15) is 5.10 Å². The van der Waals surface area contributed by atoms with Gasteiger partial charge in [-0.15, -0.1) is 0 Å². The molecule has 3 aromatic rings. The Bertz CT molecular complexity index is 1050. The van der Waals surface area contributed by atoms with Crippen molar-refractivity contribution in [3.05, 3.63) is 76.9 Å². The van der Waals surface area contributed by atoms with Crippen LogP contribution in [0.5, 0.6) is 5.75 Å². The van der Waals surface area contributed by atoms with Crippen LogP contribution in [-0.2, 0) is 17.8 Å². The Hall–Kier alpha value is -3.15. The Kier molecular flexibility index (Phi) is 5.57. The first-order valence-electron chi connectivity index (χ1n) is 10.2. The van der Waals surface area contributed by atoms with Crippen molar-refractivity contribution in [2.45, 2.75) is 45.7 Å². The molecular weight excluding hydrogens is 381 g/mol. The van der Waals surface area contributed by atoms with Crippen LogP contribution in [0, 0.1) is 19.7 Å². The summed E-state index contributed by atoms with van der Waals surface area (Å²) in [4.78, 5) is 15.2. The third-order valence-corrected chi connectivity index (χ3v) is 5.67. The van der Waals surface area contributed by atoms with Crippen LogP contribution >= 0.6 is 0 Å². The van der Waals surface area contributed by atoms with Crippen LogP contribution < -0.4 is 4.74 Å². The van der Waals surface area contributed by atoms with Crippen LogP contribution in [0.25, 0.3) is 5.69 Å². The Morgan fingerprint density at radius 3 is 2.50 bits per heavy atom. The third-order valence-electron chi connectivity index (χ3n) is 5.67. The summed E-state index contributed by atoms with van der Waals surface area (Å²) in [7, 11) is 1.64. The molecule has 30 heavy (non-hydrogen) atoms. The van der Waals surface area contributed by atoms with Gasteiger partial charge in [0.1, 0.15) is 17.3 Å². The molecule has 1 aliphatic rings. The molecule has 1 aromatic heterocycles. The molecule has 156 valence electrons. The topological polar surface area (TPSA) is 47.4 Å². The summed E-state index contributed by atoms with van der Waals surface area (Å²) in [6, 6.07) is 14.7. The van der Waals surface area contributed by atoms with Crippen molar-refractivity contribution in [3.63, 3.8) is 0 Å². The first kappa shape index (κ1) is 20.1. The monoisotopic (exact) mass is 407 g/mol. The molecule has 6 heteroatoms. The number of halogens is 1. The molecule has 1 saturated carbocycles. The molecule has 5 nitrogen and oxygen atoms in total. The zero-order valence-electron chi connectivity index (χ0n) is 17.6. The molecular formula is C24H26FN3O2. The molecule has 0 bridgehead atoms. The van der Waals surface area contributed by atoms with Crippen molar-refractivity contribution in [2.24, 2.45) is 0 Å². The highest BCUT2D eigenvalue weighted by molar-refractivity contribution is 5.80. The fraction of sp³-hybridized carbons (Fsp3) is 0.333. The number of carbonyl (C=O) groups is 1. The zero-order chi connectivity index (χ0) is 21.3. The van der Waals surface area contributed by atoms with Gasteiger partial charge in [0.05, 0.1) is 19.2 Å². The van der Waals surface area contributed by atoms with E-state index in [0.29, 0.717) is 18.3 Å². The normalized spacial score (nSPS) is 13.3. The Labute approximate surface area is 176 Å². The maximum atomic E-state index is 14.3. The summed E-state index contributed by atoms with van der Waals surface area (Å²) in [5.41, 5.74) is 3.89. The summed E-state index contributed by atoms with van der Waals surface area (Å²) >= 11 is 0. The number of benzene rings is 2. The Balaban J connectivity index is 1.55. The van der Waals surface area contributed by atoms with Crippen LogP contribution in [-0.4, -0.2) is 33.7 Å². The van der Waals surface area contributed by atoms with Gasteiger partial charge in [-0.05, 0) is 56.5 Å². The number of hydrogen-bond acceptors (Lipinski definition) is 3. The molecule has 0 N–H and O–H groups in total. The van der Waals surface area contributed by atoms with Crippen molar-refractivity contribution < 1.29 is 13.9 Å². The van der Waals surface area contributed by atoms with Gasteiger partial charge < -0.3 is 9.64 Å². The number of hydrogen-bond donors (Lipinski definition) is 0. The van der Waals surface area contributed by atoms with Gasteiger partial charge in [-0.1, -0.05) is 24.3 Å².